The van der Waals surface area contributed by atoms with Crippen LogP contribution in [0.1, 0.15) is 37.9 Å². The van der Waals surface area contributed by atoms with Crippen LogP contribution in [0.25, 0.3) is 0 Å². The molecule has 0 saturated carbocycles. The van der Waals surface area contributed by atoms with Crippen LogP contribution in [-0.2, 0) is 4.79 Å². The van der Waals surface area contributed by atoms with E-state index < -0.39 is 0 Å². The summed E-state index contributed by atoms with van der Waals surface area (Å²) < 4.78 is 14.8. The summed E-state index contributed by atoms with van der Waals surface area (Å²) in [7, 11) is 0. The van der Waals surface area contributed by atoms with E-state index in [0.29, 0.717) is 38.4 Å². The number of anilines is 1. The van der Waals surface area contributed by atoms with Gasteiger partial charge in [0.15, 0.2) is 5.16 Å². The summed E-state index contributed by atoms with van der Waals surface area (Å²) in [6.45, 7) is 6.72. The van der Waals surface area contributed by atoms with Gasteiger partial charge in [-0.05, 0) is 30.2 Å². The highest BCUT2D eigenvalue weighted by Gasteiger charge is 2.30. The molecule has 4 rings (SSSR count). The van der Waals surface area contributed by atoms with Gasteiger partial charge < -0.3 is 9.80 Å². The van der Waals surface area contributed by atoms with Gasteiger partial charge in [0.1, 0.15) is 5.82 Å². The zero-order valence-corrected chi connectivity index (χ0v) is 17.5. The van der Waals surface area contributed by atoms with Crippen LogP contribution in [0, 0.1) is 5.82 Å². The van der Waals surface area contributed by atoms with E-state index in [4.69, 9.17) is 0 Å². The van der Waals surface area contributed by atoms with Crippen LogP contribution in [-0.4, -0.2) is 52.3 Å². The Morgan fingerprint density at radius 2 is 1.90 bits per heavy atom. The van der Waals surface area contributed by atoms with Crippen LogP contribution >= 0.6 is 11.8 Å². The maximum Gasteiger partial charge on any atom is 0.254 e. The molecule has 0 N–H and O–H groups in total. The Morgan fingerprint density at radius 3 is 2.55 bits per heavy atom. The van der Waals surface area contributed by atoms with E-state index in [1.54, 1.807) is 34.5 Å². The van der Waals surface area contributed by atoms with Crippen LogP contribution < -0.4 is 10.5 Å². The predicted molar refractivity (Wildman–Crippen MR) is 112 cm³/mol. The number of carbonyl (C=O) groups is 1. The van der Waals surface area contributed by atoms with Gasteiger partial charge in [0, 0.05) is 50.1 Å². The molecular weight excluding hydrogens is 391 g/mol. The Labute approximate surface area is 173 Å². The molecule has 0 spiro atoms. The topological polar surface area (TPSA) is 58.4 Å². The van der Waals surface area contributed by atoms with Crippen molar-refractivity contribution in [2.75, 3.05) is 36.8 Å². The van der Waals surface area contributed by atoms with Crippen LogP contribution in [0.2, 0.25) is 0 Å². The zero-order valence-electron chi connectivity index (χ0n) is 16.7. The van der Waals surface area contributed by atoms with E-state index in [0.717, 1.165) is 16.5 Å². The number of carbonyl (C=O) groups excluding carboxylic acids is 1. The molecule has 0 radical (unpaired) electrons. The van der Waals surface area contributed by atoms with E-state index in [-0.39, 0.29) is 29.2 Å². The number of amides is 1. The lowest BCUT2D eigenvalue weighted by Gasteiger charge is -2.36. The average Bonchev–Trinajstić information content (AvgIpc) is 3.12. The summed E-state index contributed by atoms with van der Waals surface area (Å²) in [5, 5.41) is 0.722. The molecule has 0 unspecified atom stereocenters. The molecule has 1 aromatic carbocycles. The summed E-state index contributed by atoms with van der Waals surface area (Å²) in [4.78, 5) is 34.1. The number of nitrogens with zero attached hydrogens (tertiary/aromatic N) is 4. The van der Waals surface area contributed by atoms with Crippen LogP contribution in [0.3, 0.4) is 0 Å². The lowest BCUT2D eigenvalue weighted by molar-refractivity contribution is -0.132. The van der Waals surface area contributed by atoms with Gasteiger partial charge in [-0.1, -0.05) is 25.6 Å². The van der Waals surface area contributed by atoms with Gasteiger partial charge >= 0.3 is 0 Å². The normalized spacial score (nSPS) is 19.0. The van der Waals surface area contributed by atoms with Crippen molar-refractivity contribution in [1.29, 1.82) is 0 Å². The van der Waals surface area contributed by atoms with Crippen LogP contribution in [0.4, 0.5) is 10.1 Å². The van der Waals surface area contributed by atoms with Crippen molar-refractivity contribution in [3.8, 4) is 0 Å². The first kappa shape index (κ1) is 19.9. The lowest BCUT2D eigenvalue weighted by atomic mass is 10.1. The minimum absolute atomic E-state index is 0.0670. The summed E-state index contributed by atoms with van der Waals surface area (Å²) in [5.74, 6) is 0.724. The SMILES string of the molecule is CC(C)c1cc(=O)n2c(n1)SC[C@H]2CC(=O)N1CCN(c2ccc(F)cc2)CC1. The van der Waals surface area contributed by atoms with Gasteiger partial charge in [0.2, 0.25) is 5.91 Å². The number of aromatic nitrogens is 2. The highest BCUT2D eigenvalue weighted by atomic mass is 32.2. The molecule has 2 aromatic rings. The Bertz CT molecular complexity index is 952. The largest absolute Gasteiger partial charge is 0.368 e. The molecule has 2 aliphatic rings. The van der Waals surface area contributed by atoms with Gasteiger partial charge in [-0.15, -0.1) is 0 Å². The van der Waals surface area contributed by atoms with Crippen molar-refractivity contribution in [2.45, 2.75) is 37.4 Å². The van der Waals surface area contributed by atoms with Crippen molar-refractivity contribution in [2.24, 2.45) is 0 Å². The number of piperazine rings is 1. The number of benzene rings is 1. The third-order valence-electron chi connectivity index (χ3n) is 5.54. The van der Waals surface area contributed by atoms with E-state index in [2.05, 4.69) is 9.88 Å². The lowest BCUT2D eigenvalue weighted by Crippen LogP contribution is -2.49. The second-order valence-electron chi connectivity index (χ2n) is 7.84. The number of rotatable bonds is 4. The minimum atomic E-state index is -0.248. The second kappa shape index (κ2) is 8.18. The van der Waals surface area contributed by atoms with Crippen molar-refractivity contribution in [3.63, 3.8) is 0 Å². The third-order valence-corrected chi connectivity index (χ3v) is 6.63. The Morgan fingerprint density at radius 1 is 1.21 bits per heavy atom. The quantitative estimate of drug-likeness (QED) is 0.718. The molecule has 154 valence electrons. The fourth-order valence-electron chi connectivity index (χ4n) is 3.81. The van der Waals surface area contributed by atoms with Gasteiger partial charge in [-0.25, -0.2) is 9.37 Å². The van der Waals surface area contributed by atoms with E-state index in [9.17, 15) is 14.0 Å². The van der Waals surface area contributed by atoms with Gasteiger partial charge in [-0.3, -0.25) is 14.2 Å². The third kappa shape index (κ3) is 4.17. The molecule has 8 heteroatoms. The Balaban J connectivity index is 1.38. The summed E-state index contributed by atoms with van der Waals surface area (Å²) in [5.41, 5.74) is 1.71. The summed E-state index contributed by atoms with van der Waals surface area (Å²) >= 11 is 1.55. The van der Waals surface area contributed by atoms with Crippen molar-refractivity contribution in [3.05, 3.63) is 52.2 Å². The number of hydrogen-bond acceptors (Lipinski definition) is 5. The highest BCUT2D eigenvalue weighted by Crippen LogP contribution is 2.33. The number of hydrogen-bond donors (Lipinski definition) is 0. The van der Waals surface area contributed by atoms with E-state index >= 15 is 0 Å². The van der Waals surface area contributed by atoms with E-state index in [1.807, 2.05) is 18.7 Å². The molecule has 29 heavy (non-hydrogen) atoms. The molecule has 2 aliphatic heterocycles. The van der Waals surface area contributed by atoms with Crippen molar-refractivity contribution in [1.82, 2.24) is 14.5 Å². The monoisotopic (exact) mass is 416 g/mol. The van der Waals surface area contributed by atoms with Gasteiger partial charge in [-0.2, -0.15) is 0 Å². The highest BCUT2D eigenvalue weighted by molar-refractivity contribution is 7.99. The second-order valence-corrected chi connectivity index (χ2v) is 8.83. The standard InChI is InChI=1S/C21H25FN4O2S/c1-14(2)18-12-20(28)26-17(13-29-21(26)23-18)11-19(27)25-9-7-24(8-10-25)16-5-3-15(22)4-6-16/h3-6,12,14,17H,7-11,13H2,1-2H3/t17-/m1/s1. The maximum absolute atomic E-state index is 13.1. The van der Waals surface area contributed by atoms with E-state index in [1.165, 1.54) is 12.1 Å². The Kier molecular flexibility index (Phi) is 5.63. The summed E-state index contributed by atoms with van der Waals surface area (Å²) in [6.07, 6.45) is 0.319. The fraction of sp³-hybridized carbons (Fsp3) is 0.476. The first-order valence-electron chi connectivity index (χ1n) is 9.97. The molecule has 1 amide bonds. The average molecular weight is 417 g/mol. The molecule has 1 atom stereocenters. The predicted octanol–water partition coefficient (Wildman–Crippen LogP) is 2.89. The van der Waals surface area contributed by atoms with Crippen molar-refractivity contribution < 1.29 is 9.18 Å². The van der Waals surface area contributed by atoms with Crippen LogP contribution in [0.5, 0.6) is 0 Å². The molecule has 3 heterocycles. The number of halogens is 1. The molecule has 1 aromatic heterocycles. The first-order valence-corrected chi connectivity index (χ1v) is 11.0. The molecule has 1 saturated heterocycles. The fourth-order valence-corrected chi connectivity index (χ4v) is 4.97. The van der Waals surface area contributed by atoms with Gasteiger partial charge in [0.05, 0.1) is 11.7 Å². The minimum Gasteiger partial charge on any atom is -0.368 e. The zero-order chi connectivity index (χ0) is 20.5. The van der Waals surface area contributed by atoms with Crippen molar-refractivity contribution >= 4 is 23.4 Å². The Hall–Kier alpha value is -2.35. The molecule has 0 aliphatic carbocycles. The summed E-state index contributed by atoms with van der Waals surface area (Å²) in [6, 6.07) is 7.91. The molecule has 6 nitrogen and oxygen atoms in total. The number of thioether (sulfide) groups is 1. The molecule has 0 bridgehead atoms. The smallest absolute Gasteiger partial charge is 0.254 e. The molecular formula is C21H25FN4O2S. The molecule has 1 fully saturated rings. The first-order chi connectivity index (χ1) is 13.9. The van der Waals surface area contributed by atoms with Gasteiger partial charge in [0.25, 0.3) is 5.56 Å². The number of fused-ring (bicyclic) bond motifs is 1. The van der Waals surface area contributed by atoms with Crippen LogP contribution in [0.15, 0.2) is 40.3 Å². The maximum atomic E-state index is 13.1.